The normalized spacial score (nSPS) is 15.1. The summed E-state index contributed by atoms with van der Waals surface area (Å²) in [5.41, 5.74) is 5.30. The number of amides is 3. The molecule has 3 aromatic rings. The Labute approximate surface area is 271 Å². The highest BCUT2D eigenvalue weighted by molar-refractivity contribution is 7.87. The molecular formula is C34H43N5O6S. The number of nitrogens with zero attached hydrogens (tertiary/aromatic N) is 4. The van der Waals surface area contributed by atoms with E-state index in [0.29, 0.717) is 17.9 Å². The average Bonchev–Trinajstić information content (AvgIpc) is 3.26. The lowest BCUT2D eigenvalue weighted by molar-refractivity contribution is -0.136. The second-order valence-electron chi connectivity index (χ2n) is 12.3. The Bertz CT molecular complexity index is 1820. The van der Waals surface area contributed by atoms with Gasteiger partial charge in [-0.15, -0.1) is 0 Å². The maximum atomic E-state index is 14.0. The molecule has 0 spiro atoms. The summed E-state index contributed by atoms with van der Waals surface area (Å²) in [7, 11) is 3.63. The quantitative estimate of drug-likeness (QED) is 0.371. The zero-order chi connectivity index (χ0) is 33.3. The number of carbonyl (C=O) groups excluding carboxylic acids is 3. The van der Waals surface area contributed by atoms with E-state index in [4.69, 9.17) is 4.74 Å². The van der Waals surface area contributed by atoms with E-state index >= 15 is 0 Å². The van der Waals surface area contributed by atoms with Crippen molar-refractivity contribution in [3.63, 3.8) is 0 Å². The number of aromatic nitrogens is 1. The van der Waals surface area contributed by atoms with E-state index in [9.17, 15) is 22.8 Å². The lowest BCUT2D eigenvalue weighted by Crippen LogP contribution is -2.40. The molecule has 1 N–H and O–H groups in total. The van der Waals surface area contributed by atoms with Gasteiger partial charge in [0.15, 0.2) is 0 Å². The van der Waals surface area contributed by atoms with Crippen molar-refractivity contribution in [2.75, 3.05) is 48.4 Å². The number of likely N-dealkylation sites (N-methyl/N-ethyl adjacent to an activating group) is 2. The van der Waals surface area contributed by atoms with Crippen LogP contribution in [0.1, 0.15) is 66.4 Å². The fourth-order valence-electron chi connectivity index (χ4n) is 6.40. The van der Waals surface area contributed by atoms with Gasteiger partial charge in [0.1, 0.15) is 5.75 Å². The van der Waals surface area contributed by atoms with E-state index < -0.39 is 16.1 Å². The van der Waals surface area contributed by atoms with Gasteiger partial charge in [0.2, 0.25) is 5.91 Å². The lowest BCUT2D eigenvalue weighted by Gasteiger charge is -2.24. The number of nitrogens with one attached hydrogen (secondary N) is 1. The Kier molecular flexibility index (Phi) is 9.59. The first kappa shape index (κ1) is 33.2. The minimum atomic E-state index is -4.00. The third-order valence-corrected chi connectivity index (χ3v) is 10.6. The van der Waals surface area contributed by atoms with Crippen LogP contribution in [0.15, 0.2) is 42.0 Å². The zero-order valence-corrected chi connectivity index (χ0v) is 28.2. The Hall–Kier alpha value is -4.16. The first-order chi connectivity index (χ1) is 21.9. The SMILES string of the molecule is CCN(C)C(=O)CN(C)C(=O)C1=Cc2cc(OC)ccc2-c2c(C3CCCCC3)c3ccc(C(=O)NS(=O)(=O)N(C)C)cc3n2C1. The van der Waals surface area contributed by atoms with Gasteiger partial charge in [-0.25, -0.2) is 4.72 Å². The van der Waals surface area contributed by atoms with E-state index in [1.807, 2.05) is 37.3 Å². The summed E-state index contributed by atoms with van der Waals surface area (Å²) < 4.78 is 35.7. The summed E-state index contributed by atoms with van der Waals surface area (Å²) in [6.07, 6.45) is 7.33. The van der Waals surface area contributed by atoms with Crippen LogP contribution in [0.25, 0.3) is 28.2 Å². The van der Waals surface area contributed by atoms with Crippen LogP contribution in [0.2, 0.25) is 0 Å². The molecule has 0 atom stereocenters. The second kappa shape index (κ2) is 13.3. The molecule has 5 rings (SSSR count). The molecule has 2 aromatic carbocycles. The number of methoxy groups -OCH3 is 1. The van der Waals surface area contributed by atoms with Crippen molar-refractivity contribution < 1.29 is 27.5 Å². The van der Waals surface area contributed by atoms with Gasteiger partial charge in [0.25, 0.3) is 11.8 Å². The van der Waals surface area contributed by atoms with E-state index in [1.54, 1.807) is 38.2 Å². The van der Waals surface area contributed by atoms with Crippen molar-refractivity contribution in [3.05, 3.63) is 58.7 Å². The van der Waals surface area contributed by atoms with Crippen LogP contribution in [0.4, 0.5) is 0 Å². The number of hydrogen-bond acceptors (Lipinski definition) is 6. The van der Waals surface area contributed by atoms with Gasteiger partial charge in [0.05, 0.1) is 25.9 Å². The van der Waals surface area contributed by atoms with Gasteiger partial charge < -0.3 is 19.1 Å². The second-order valence-corrected chi connectivity index (χ2v) is 14.2. The minimum absolute atomic E-state index is 0.0667. The maximum absolute atomic E-state index is 14.0. The zero-order valence-electron chi connectivity index (χ0n) is 27.4. The molecule has 46 heavy (non-hydrogen) atoms. The van der Waals surface area contributed by atoms with Gasteiger partial charge in [-0.3, -0.25) is 14.4 Å². The van der Waals surface area contributed by atoms with Crippen LogP contribution >= 0.6 is 0 Å². The number of ether oxygens (including phenoxy) is 1. The standard InChI is InChI=1S/C34H43N5O6S/c1-7-37(4)30(40)21-38(5)34(42)25-17-24-18-26(45-6)14-16-27(24)32-31(22-11-9-8-10-12-22)28-15-13-23(19-29(28)39(32)20-25)33(41)35-46(43,44)36(2)3/h13-19,22H,7-12,20-21H2,1-6H3,(H,35,41). The smallest absolute Gasteiger partial charge is 0.303 e. The molecule has 0 unspecified atom stereocenters. The third kappa shape index (κ3) is 6.41. The molecular weight excluding hydrogens is 606 g/mol. The molecule has 1 saturated carbocycles. The van der Waals surface area contributed by atoms with Crippen molar-refractivity contribution >= 4 is 44.9 Å². The van der Waals surface area contributed by atoms with E-state index in [1.165, 1.54) is 31.0 Å². The third-order valence-electron chi connectivity index (χ3n) is 9.15. The van der Waals surface area contributed by atoms with Crippen LogP contribution in [0.5, 0.6) is 5.75 Å². The number of hydrogen-bond donors (Lipinski definition) is 1. The Morgan fingerprint density at radius 2 is 1.70 bits per heavy atom. The average molecular weight is 650 g/mol. The Morgan fingerprint density at radius 3 is 2.35 bits per heavy atom. The Balaban J connectivity index is 1.71. The van der Waals surface area contributed by atoms with E-state index in [2.05, 4.69) is 9.29 Å². The van der Waals surface area contributed by atoms with Crippen LogP contribution < -0.4 is 9.46 Å². The highest BCUT2D eigenvalue weighted by Crippen LogP contribution is 2.47. The molecule has 11 nitrogen and oxygen atoms in total. The number of carbonyl (C=O) groups is 3. The fourth-order valence-corrected chi connectivity index (χ4v) is 6.93. The molecule has 3 amide bonds. The number of benzene rings is 2. The predicted octanol–water partition coefficient (Wildman–Crippen LogP) is 4.23. The number of fused-ring (bicyclic) bond motifs is 5. The lowest BCUT2D eigenvalue weighted by atomic mass is 9.81. The maximum Gasteiger partial charge on any atom is 0.303 e. The van der Waals surface area contributed by atoms with Crippen molar-refractivity contribution in [3.8, 4) is 17.0 Å². The van der Waals surface area contributed by atoms with E-state index in [0.717, 1.165) is 57.7 Å². The molecule has 2 aliphatic rings. The van der Waals surface area contributed by atoms with Gasteiger partial charge >= 0.3 is 10.2 Å². The van der Waals surface area contributed by atoms with Crippen LogP contribution in [0.3, 0.4) is 0 Å². The molecule has 1 fully saturated rings. The molecule has 0 saturated heterocycles. The van der Waals surface area contributed by atoms with Crippen molar-refractivity contribution in [1.82, 2.24) is 23.4 Å². The first-order valence-corrected chi connectivity index (χ1v) is 17.1. The first-order valence-electron chi connectivity index (χ1n) is 15.6. The van der Waals surface area contributed by atoms with Crippen molar-refractivity contribution in [2.24, 2.45) is 0 Å². The summed E-state index contributed by atoms with van der Waals surface area (Å²) >= 11 is 0. The monoisotopic (exact) mass is 649 g/mol. The summed E-state index contributed by atoms with van der Waals surface area (Å²) in [6, 6.07) is 11.1. The summed E-state index contributed by atoms with van der Waals surface area (Å²) in [5.74, 6) is -0.261. The van der Waals surface area contributed by atoms with Crippen LogP contribution in [0, 0.1) is 0 Å². The van der Waals surface area contributed by atoms with Gasteiger partial charge in [0, 0.05) is 62.3 Å². The van der Waals surface area contributed by atoms with E-state index in [-0.39, 0.29) is 36.4 Å². The molecule has 12 heteroatoms. The fraction of sp³-hybridized carbons (Fsp3) is 0.441. The molecule has 2 heterocycles. The van der Waals surface area contributed by atoms with Gasteiger partial charge in [-0.05, 0) is 73.2 Å². The highest BCUT2D eigenvalue weighted by Gasteiger charge is 2.32. The summed E-state index contributed by atoms with van der Waals surface area (Å²) in [5, 5.41) is 0.970. The largest absolute Gasteiger partial charge is 0.497 e. The molecule has 0 radical (unpaired) electrons. The molecule has 1 aliphatic carbocycles. The molecule has 1 aliphatic heterocycles. The van der Waals surface area contributed by atoms with Gasteiger partial charge in [-0.1, -0.05) is 25.3 Å². The molecule has 1 aromatic heterocycles. The van der Waals surface area contributed by atoms with Crippen LogP contribution in [-0.4, -0.2) is 93.2 Å². The predicted molar refractivity (Wildman–Crippen MR) is 179 cm³/mol. The molecule has 0 bridgehead atoms. The Morgan fingerprint density at radius 1 is 0.978 bits per heavy atom. The summed E-state index contributed by atoms with van der Waals surface area (Å²) in [4.78, 5) is 43.0. The molecule has 246 valence electrons. The van der Waals surface area contributed by atoms with Crippen molar-refractivity contribution in [1.29, 1.82) is 0 Å². The van der Waals surface area contributed by atoms with Crippen LogP contribution in [-0.2, 0) is 26.3 Å². The van der Waals surface area contributed by atoms with Crippen molar-refractivity contribution in [2.45, 2.75) is 51.5 Å². The van der Waals surface area contributed by atoms with Gasteiger partial charge in [-0.2, -0.15) is 12.7 Å². The topological polar surface area (TPSA) is 121 Å². The minimum Gasteiger partial charge on any atom is -0.497 e. The summed E-state index contributed by atoms with van der Waals surface area (Å²) in [6.45, 7) is 2.54. The number of rotatable bonds is 9. The highest BCUT2D eigenvalue weighted by atomic mass is 32.2.